The molecule has 1 amide bonds. The number of anilines is 1. The van der Waals surface area contributed by atoms with Gasteiger partial charge in [-0.15, -0.1) is 0 Å². The van der Waals surface area contributed by atoms with Crippen molar-refractivity contribution >= 4 is 29.2 Å². The van der Waals surface area contributed by atoms with Gasteiger partial charge in [-0.05, 0) is 18.2 Å². The molecule has 1 N–H and O–H groups in total. The van der Waals surface area contributed by atoms with Gasteiger partial charge in [0, 0.05) is 5.02 Å². The normalized spacial score (nSPS) is 13.2. The first-order valence-electron chi connectivity index (χ1n) is 7.19. The predicted molar refractivity (Wildman–Crippen MR) is 85.9 cm³/mol. The predicted octanol–water partition coefficient (Wildman–Crippen LogP) is 1.29. The number of rotatable bonds is 5. The Morgan fingerprint density at radius 3 is 2.96 bits per heavy atom. The Balaban J connectivity index is 1.64. The van der Waals surface area contributed by atoms with Crippen molar-refractivity contribution in [1.82, 2.24) is 14.8 Å². The first kappa shape index (κ1) is 16.8. The Morgan fingerprint density at radius 1 is 1.36 bits per heavy atom. The van der Waals surface area contributed by atoms with Crippen LogP contribution in [-0.2, 0) is 23.8 Å². The maximum atomic E-state index is 12.1. The van der Waals surface area contributed by atoms with Crippen LogP contribution < -0.4 is 5.32 Å². The van der Waals surface area contributed by atoms with E-state index in [0.29, 0.717) is 23.0 Å². The van der Waals surface area contributed by atoms with Crippen molar-refractivity contribution < 1.29 is 23.8 Å². The number of aromatic nitrogens is 3. The van der Waals surface area contributed by atoms with Crippen LogP contribution in [0.2, 0.25) is 5.02 Å². The maximum absolute atomic E-state index is 12.1. The van der Waals surface area contributed by atoms with Crippen molar-refractivity contribution in [2.75, 3.05) is 25.1 Å². The first-order chi connectivity index (χ1) is 12.1. The molecule has 3 rings (SSSR count). The van der Waals surface area contributed by atoms with Crippen molar-refractivity contribution in [3.05, 3.63) is 47.9 Å². The number of hydrogen-bond donors (Lipinski definition) is 1. The average Bonchev–Trinajstić information content (AvgIpc) is 3.15. The number of ether oxygens (including phenoxy) is 3. The van der Waals surface area contributed by atoms with E-state index < -0.39 is 18.5 Å². The third kappa shape index (κ3) is 4.27. The van der Waals surface area contributed by atoms with Gasteiger partial charge in [-0.1, -0.05) is 11.6 Å². The lowest BCUT2D eigenvalue weighted by Gasteiger charge is -2.15. The lowest BCUT2D eigenvalue weighted by atomic mass is 10.2. The summed E-state index contributed by atoms with van der Waals surface area (Å²) < 4.78 is 16.4. The second-order valence-electron chi connectivity index (χ2n) is 4.83. The van der Waals surface area contributed by atoms with Crippen LogP contribution in [0.15, 0.2) is 42.9 Å². The molecule has 0 unspecified atom stereocenters. The molecule has 0 bridgehead atoms. The highest BCUT2D eigenvalue weighted by Crippen LogP contribution is 2.23. The van der Waals surface area contributed by atoms with E-state index in [1.807, 2.05) is 0 Å². The maximum Gasteiger partial charge on any atom is 0.377 e. The summed E-state index contributed by atoms with van der Waals surface area (Å²) >= 11 is 5.97. The largest absolute Gasteiger partial charge is 0.493 e. The molecule has 0 spiro atoms. The third-order valence-electron chi connectivity index (χ3n) is 3.08. The number of carbonyl (C=O) groups is 2. The van der Waals surface area contributed by atoms with Crippen molar-refractivity contribution in [1.29, 1.82) is 0 Å². The fourth-order valence-corrected chi connectivity index (χ4v) is 2.18. The molecule has 0 saturated carbocycles. The standard InChI is InChI=1S/C15H13ClN4O5/c16-10-1-2-12(20-9-17-8-18-20)11(5-10)19-14(21)7-25-15(22)13-6-23-3-4-24-13/h1-2,5-6,8-9H,3-4,7H2,(H,19,21). The number of benzene rings is 1. The number of esters is 1. The summed E-state index contributed by atoms with van der Waals surface area (Å²) in [5, 5.41) is 7.05. The van der Waals surface area contributed by atoms with E-state index in [2.05, 4.69) is 15.4 Å². The minimum Gasteiger partial charge on any atom is -0.493 e. The van der Waals surface area contributed by atoms with Crippen molar-refractivity contribution in [3.8, 4) is 5.69 Å². The van der Waals surface area contributed by atoms with Crippen LogP contribution >= 0.6 is 11.6 Å². The second kappa shape index (κ2) is 7.67. The molecule has 0 fully saturated rings. The Hall–Kier alpha value is -3.07. The molecular weight excluding hydrogens is 352 g/mol. The average molecular weight is 365 g/mol. The quantitative estimate of drug-likeness (QED) is 0.797. The van der Waals surface area contributed by atoms with Gasteiger partial charge in [0.15, 0.2) is 6.61 Å². The highest BCUT2D eigenvalue weighted by Gasteiger charge is 2.18. The van der Waals surface area contributed by atoms with Gasteiger partial charge in [-0.2, -0.15) is 5.10 Å². The Labute approximate surface area is 147 Å². The molecule has 0 saturated heterocycles. The van der Waals surface area contributed by atoms with Gasteiger partial charge in [0.25, 0.3) is 5.91 Å². The summed E-state index contributed by atoms with van der Waals surface area (Å²) in [6.07, 6.45) is 4.00. The molecule has 1 aromatic carbocycles. The number of amides is 1. The Morgan fingerprint density at radius 2 is 2.24 bits per heavy atom. The minimum atomic E-state index is -0.780. The third-order valence-corrected chi connectivity index (χ3v) is 3.32. The lowest BCUT2D eigenvalue weighted by molar-refractivity contribution is -0.148. The summed E-state index contributed by atoms with van der Waals surface area (Å²) in [5.41, 5.74) is 0.962. The number of halogens is 1. The summed E-state index contributed by atoms with van der Waals surface area (Å²) in [4.78, 5) is 27.7. The van der Waals surface area contributed by atoms with Crippen LogP contribution in [0.25, 0.3) is 5.69 Å². The molecule has 10 heteroatoms. The van der Waals surface area contributed by atoms with Gasteiger partial charge in [0.2, 0.25) is 5.76 Å². The fraction of sp³-hybridized carbons (Fsp3) is 0.200. The first-order valence-corrected chi connectivity index (χ1v) is 7.57. The molecule has 0 radical (unpaired) electrons. The van der Waals surface area contributed by atoms with E-state index in [1.165, 1.54) is 17.3 Å². The van der Waals surface area contributed by atoms with E-state index in [4.69, 9.17) is 25.8 Å². The molecular formula is C15H13ClN4O5. The van der Waals surface area contributed by atoms with Crippen molar-refractivity contribution in [2.45, 2.75) is 0 Å². The Bertz CT molecular complexity index is 806. The molecule has 130 valence electrons. The molecule has 1 aliphatic rings. The van der Waals surface area contributed by atoms with Gasteiger partial charge in [0.05, 0.1) is 11.4 Å². The SMILES string of the molecule is O=C(COC(=O)C1=COCCO1)Nc1cc(Cl)ccc1-n1cncn1. The van der Waals surface area contributed by atoms with Crippen molar-refractivity contribution in [2.24, 2.45) is 0 Å². The number of nitrogens with zero attached hydrogens (tertiary/aromatic N) is 3. The smallest absolute Gasteiger partial charge is 0.377 e. The van der Waals surface area contributed by atoms with Crippen LogP contribution in [0.4, 0.5) is 5.69 Å². The minimum absolute atomic E-state index is 0.0786. The molecule has 2 heterocycles. The molecule has 2 aromatic rings. The van der Waals surface area contributed by atoms with E-state index in [-0.39, 0.29) is 12.4 Å². The number of nitrogens with one attached hydrogen (secondary N) is 1. The van der Waals surface area contributed by atoms with E-state index >= 15 is 0 Å². The van der Waals surface area contributed by atoms with Crippen LogP contribution in [0.5, 0.6) is 0 Å². The molecule has 25 heavy (non-hydrogen) atoms. The summed E-state index contributed by atoms with van der Waals surface area (Å²) in [5.74, 6) is -1.41. The zero-order chi connectivity index (χ0) is 17.6. The molecule has 9 nitrogen and oxygen atoms in total. The van der Waals surface area contributed by atoms with Crippen LogP contribution in [0.1, 0.15) is 0 Å². The van der Waals surface area contributed by atoms with Gasteiger partial charge >= 0.3 is 5.97 Å². The topological polar surface area (TPSA) is 105 Å². The van der Waals surface area contributed by atoms with Crippen LogP contribution in [0.3, 0.4) is 0 Å². The van der Waals surface area contributed by atoms with Gasteiger partial charge in [0.1, 0.15) is 32.1 Å². The van der Waals surface area contributed by atoms with Gasteiger partial charge in [-0.3, -0.25) is 4.79 Å². The van der Waals surface area contributed by atoms with E-state index in [9.17, 15) is 9.59 Å². The van der Waals surface area contributed by atoms with Crippen molar-refractivity contribution in [3.63, 3.8) is 0 Å². The summed E-state index contributed by atoms with van der Waals surface area (Å²) in [7, 11) is 0. The van der Waals surface area contributed by atoms with Crippen LogP contribution in [0, 0.1) is 0 Å². The van der Waals surface area contributed by atoms with Gasteiger partial charge in [-0.25, -0.2) is 14.5 Å². The number of carbonyl (C=O) groups excluding carboxylic acids is 2. The molecule has 1 aromatic heterocycles. The van der Waals surface area contributed by atoms with Gasteiger partial charge < -0.3 is 19.5 Å². The highest BCUT2D eigenvalue weighted by atomic mass is 35.5. The molecule has 1 aliphatic heterocycles. The van der Waals surface area contributed by atoms with Crippen LogP contribution in [-0.4, -0.2) is 46.5 Å². The zero-order valence-corrected chi connectivity index (χ0v) is 13.6. The Kier molecular flexibility index (Phi) is 5.14. The molecule has 0 atom stereocenters. The highest BCUT2D eigenvalue weighted by molar-refractivity contribution is 6.31. The number of hydrogen-bond acceptors (Lipinski definition) is 7. The van der Waals surface area contributed by atoms with E-state index in [1.54, 1.807) is 18.2 Å². The monoisotopic (exact) mass is 364 g/mol. The fourth-order valence-electron chi connectivity index (χ4n) is 2.00. The summed E-state index contributed by atoms with van der Waals surface area (Å²) in [6.45, 7) is 0.108. The summed E-state index contributed by atoms with van der Waals surface area (Å²) in [6, 6.07) is 4.89. The van der Waals surface area contributed by atoms with E-state index in [0.717, 1.165) is 6.26 Å². The zero-order valence-electron chi connectivity index (χ0n) is 12.8. The molecule has 0 aliphatic carbocycles. The lowest BCUT2D eigenvalue weighted by Crippen LogP contribution is -2.24. The second-order valence-corrected chi connectivity index (χ2v) is 5.26.